The van der Waals surface area contributed by atoms with Gasteiger partial charge in [0, 0.05) is 0 Å². The van der Waals surface area contributed by atoms with Crippen molar-refractivity contribution in [1.82, 2.24) is 0 Å². The highest BCUT2D eigenvalue weighted by atomic mass is 32.2. The minimum absolute atomic E-state index is 0.350. The highest BCUT2D eigenvalue weighted by Crippen LogP contribution is 2.00. The quantitative estimate of drug-likeness (QED) is 0.378. The van der Waals surface area contributed by atoms with E-state index in [0.29, 0.717) is 24.4 Å². The van der Waals surface area contributed by atoms with E-state index in [1.807, 2.05) is 0 Å². The number of aliphatic hydroxyl groups is 1. The highest BCUT2D eigenvalue weighted by Gasteiger charge is 2.04. The molecule has 0 bridgehead atoms. The molecule has 0 saturated carbocycles. The van der Waals surface area contributed by atoms with Gasteiger partial charge in [0.25, 0.3) is 0 Å². The summed E-state index contributed by atoms with van der Waals surface area (Å²) in [5.74, 6) is 0.416. The Labute approximate surface area is 81.2 Å². The van der Waals surface area contributed by atoms with Crippen LogP contribution in [0.1, 0.15) is 13.3 Å². The molecular weight excluding hydrogens is 192 g/mol. The van der Waals surface area contributed by atoms with E-state index in [9.17, 15) is 4.21 Å². The van der Waals surface area contributed by atoms with Gasteiger partial charge in [-0.15, -0.1) is 0 Å². The smallest absolute Gasteiger partial charge is 0.176 e. The van der Waals surface area contributed by atoms with Gasteiger partial charge in [-0.1, -0.05) is 6.58 Å². The number of aliphatic hydroxyl groups excluding tert-OH is 1. The Morgan fingerprint density at radius 1 is 1.69 bits per heavy atom. The summed E-state index contributed by atoms with van der Waals surface area (Å²) in [4.78, 5) is 0. The molecule has 0 spiro atoms. The van der Waals surface area contributed by atoms with Gasteiger partial charge < -0.3 is 9.84 Å². The van der Waals surface area contributed by atoms with Crippen molar-refractivity contribution in [3.8, 4) is 0 Å². The van der Waals surface area contributed by atoms with Crippen LogP contribution in [0.15, 0.2) is 12.2 Å². The van der Waals surface area contributed by atoms with E-state index in [4.69, 9.17) is 9.84 Å². The first kappa shape index (κ1) is 12.8. The average molecular weight is 208 g/mol. The Morgan fingerprint density at radius 2 is 2.31 bits per heavy atom. The second kappa shape index (κ2) is 7.20. The lowest BCUT2D eigenvalue weighted by Gasteiger charge is -2.10. The maximum absolute atomic E-state index is 10.7. The van der Waals surface area contributed by atoms with Crippen LogP contribution in [0.4, 0.5) is 0 Å². The first-order valence-corrected chi connectivity index (χ1v) is 5.20. The van der Waals surface area contributed by atoms with Crippen LogP contribution in [0.3, 0.4) is 0 Å². The maximum Gasteiger partial charge on any atom is 0.176 e. The van der Waals surface area contributed by atoms with E-state index in [-0.39, 0.29) is 0 Å². The zero-order valence-corrected chi connectivity index (χ0v) is 8.80. The Bertz CT molecular complexity index is 181. The molecule has 13 heavy (non-hydrogen) atoms. The lowest BCUT2D eigenvalue weighted by Crippen LogP contribution is -2.14. The second-order valence-corrected chi connectivity index (χ2v) is 3.95. The molecule has 0 aromatic carbocycles. The van der Waals surface area contributed by atoms with Crippen LogP contribution in [-0.2, 0) is 20.0 Å². The van der Waals surface area contributed by atoms with E-state index in [1.165, 1.54) is 7.11 Å². The molecule has 0 saturated heterocycles. The summed E-state index contributed by atoms with van der Waals surface area (Å²) in [5, 5.41) is 9.12. The molecule has 0 radical (unpaired) electrons. The van der Waals surface area contributed by atoms with Crippen molar-refractivity contribution in [2.75, 3.05) is 19.5 Å². The van der Waals surface area contributed by atoms with E-state index in [0.717, 1.165) is 0 Å². The highest BCUT2D eigenvalue weighted by molar-refractivity contribution is 7.80. The molecule has 1 N–H and O–H groups in total. The molecule has 0 aliphatic rings. The summed E-state index contributed by atoms with van der Waals surface area (Å²) in [6.07, 6.45) is -0.332. The van der Waals surface area contributed by atoms with Crippen LogP contribution in [0.5, 0.6) is 0 Å². The van der Waals surface area contributed by atoms with Crippen molar-refractivity contribution in [3.63, 3.8) is 0 Å². The monoisotopic (exact) mass is 208 g/mol. The molecule has 0 fully saturated rings. The first-order chi connectivity index (χ1) is 6.07. The largest absolute Gasteiger partial charge is 0.364 e. The minimum Gasteiger partial charge on any atom is -0.364 e. The van der Waals surface area contributed by atoms with Crippen LogP contribution < -0.4 is 0 Å². The topological polar surface area (TPSA) is 55.8 Å². The van der Waals surface area contributed by atoms with E-state index in [2.05, 4.69) is 10.8 Å². The Kier molecular flexibility index (Phi) is 7.07. The van der Waals surface area contributed by atoms with Crippen LogP contribution in [0, 0.1) is 0 Å². The first-order valence-electron chi connectivity index (χ1n) is 3.96. The van der Waals surface area contributed by atoms with Crippen LogP contribution in [0.25, 0.3) is 0 Å². The minimum atomic E-state index is -1.24. The van der Waals surface area contributed by atoms with E-state index >= 15 is 0 Å². The predicted molar refractivity (Wildman–Crippen MR) is 51.4 cm³/mol. The number of rotatable bonds is 7. The summed E-state index contributed by atoms with van der Waals surface area (Å²) in [6, 6.07) is 0. The van der Waals surface area contributed by atoms with Crippen molar-refractivity contribution in [1.29, 1.82) is 0 Å². The summed E-state index contributed by atoms with van der Waals surface area (Å²) in [5.41, 5.74) is 0.563. The van der Waals surface area contributed by atoms with E-state index in [1.54, 1.807) is 6.92 Å². The normalized spacial score (nSPS) is 15.3. The van der Waals surface area contributed by atoms with Gasteiger partial charge in [-0.3, -0.25) is 4.18 Å². The lowest BCUT2D eigenvalue weighted by atomic mass is 10.3. The summed E-state index contributed by atoms with van der Waals surface area (Å²) in [6.45, 7) is 5.55. The third-order valence-electron chi connectivity index (χ3n) is 1.34. The standard InChI is InChI=1S/C8H16O4S/c1-7(2)8(9)12-5-4-6-13(10)11-3/h8-9H,1,4-6H2,2-3H3. The molecule has 0 aromatic heterocycles. The fraction of sp³-hybridized carbons (Fsp3) is 0.750. The molecule has 2 atom stereocenters. The molecule has 2 unspecified atom stereocenters. The van der Waals surface area contributed by atoms with Crippen molar-refractivity contribution in [2.24, 2.45) is 0 Å². The molecule has 78 valence electrons. The van der Waals surface area contributed by atoms with Gasteiger partial charge in [0.15, 0.2) is 17.4 Å². The third-order valence-corrected chi connectivity index (χ3v) is 2.33. The second-order valence-electron chi connectivity index (χ2n) is 2.60. The maximum atomic E-state index is 10.7. The van der Waals surface area contributed by atoms with Gasteiger partial charge in [-0.2, -0.15) is 0 Å². The van der Waals surface area contributed by atoms with Crippen LogP contribution >= 0.6 is 0 Å². The molecule has 0 heterocycles. The van der Waals surface area contributed by atoms with Crippen molar-refractivity contribution >= 4 is 11.1 Å². The zero-order valence-electron chi connectivity index (χ0n) is 7.99. The van der Waals surface area contributed by atoms with E-state index < -0.39 is 17.4 Å². The third kappa shape index (κ3) is 6.89. The van der Waals surface area contributed by atoms with Crippen molar-refractivity contribution in [3.05, 3.63) is 12.2 Å². The lowest BCUT2D eigenvalue weighted by molar-refractivity contribution is -0.0712. The summed E-state index contributed by atoms with van der Waals surface area (Å²) < 4.78 is 20.2. The summed E-state index contributed by atoms with van der Waals surface area (Å²) >= 11 is -1.24. The molecule has 4 nitrogen and oxygen atoms in total. The number of ether oxygens (including phenoxy) is 1. The van der Waals surface area contributed by atoms with Gasteiger partial charge in [-0.05, 0) is 18.9 Å². The van der Waals surface area contributed by atoms with Crippen molar-refractivity contribution in [2.45, 2.75) is 19.6 Å². The number of hydrogen-bond donors (Lipinski definition) is 1. The van der Waals surface area contributed by atoms with Gasteiger partial charge in [0.2, 0.25) is 0 Å². The van der Waals surface area contributed by atoms with Crippen LogP contribution in [0.2, 0.25) is 0 Å². The molecule has 0 aliphatic heterocycles. The summed E-state index contributed by atoms with van der Waals surface area (Å²) in [7, 11) is 1.39. The van der Waals surface area contributed by atoms with Gasteiger partial charge in [0.1, 0.15) is 0 Å². The van der Waals surface area contributed by atoms with Gasteiger partial charge in [-0.25, -0.2) is 4.21 Å². The fourth-order valence-corrected chi connectivity index (χ4v) is 1.12. The fourth-order valence-electron chi connectivity index (χ4n) is 0.597. The average Bonchev–Trinajstić information content (AvgIpc) is 2.11. The van der Waals surface area contributed by atoms with Gasteiger partial charge >= 0.3 is 0 Å². The zero-order chi connectivity index (χ0) is 10.3. The molecular formula is C8H16O4S. The molecule has 5 heteroatoms. The Hall–Kier alpha value is -0.230. The SMILES string of the molecule is C=C(C)C(O)OCCCS(=O)OC. The number of hydrogen-bond acceptors (Lipinski definition) is 4. The Morgan fingerprint density at radius 3 is 2.77 bits per heavy atom. The van der Waals surface area contributed by atoms with Gasteiger partial charge in [0.05, 0.1) is 19.5 Å². The molecule has 0 aliphatic carbocycles. The molecule has 0 aromatic rings. The van der Waals surface area contributed by atoms with Crippen LogP contribution in [-0.4, -0.2) is 35.1 Å². The Balaban J connectivity index is 3.35. The van der Waals surface area contributed by atoms with Crippen molar-refractivity contribution < 1.29 is 18.2 Å². The molecule has 0 rings (SSSR count). The predicted octanol–water partition coefficient (Wildman–Crippen LogP) is 0.598. The molecule has 0 amide bonds.